The number of para-hydroxylation sites is 1. The van der Waals surface area contributed by atoms with Crippen LogP contribution in [-0.4, -0.2) is 90.7 Å². The second kappa shape index (κ2) is 11.3. The SMILES string of the molecule is C=CC(=O)N1CCN(c2nc(OCC3CCCN3C)nc3c2CCN(c2cccc4c2OCC4)C3)CC1CC#N. The Labute approximate surface area is 235 Å². The van der Waals surface area contributed by atoms with Crippen molar-refractivity contribution in [1.82, 2.24) is 19.8 Å². The number of hydrogen-bond acceptors (Lipinski definition) is 9. The molecule has 0 aliphatic carbocycles. The Morgan fingerprint density at radius 2 is 2.10 bits per heavy atom. The zero-order chi connectivity index (χ0) is 27.6. The molecule has 0 bridgehead atoms. The highest BCUT2D eigenvalue weighted by Crippen LogP contribution is 2.39. The molecule has 0 spiro atoms. The van der Waals surface area contributed by atoms with E-state index in [0.717, 1.165) is 67.5 Å². The standard InChI is InChI=1S/C30H37N7O3/c1-3-27(38)37-16-15-36(18-22(37)9-12-31)29-24-10-14-35(26-8-4-6-21-11-17-39-28(21)26)19-25(24)32-30(33-29)40-20-23-7-5-13-34(23)2/h3-4,6,8,22-23H,1,5,7,9-11,13-20H2,2H3. The molecule has 2 saturated heterocycles. The first-order valence-electron chi connectivity index (χ1n) is 14.3. The summed E-state index contributed by atoms with van der Waals surface area (Å²) in [6.45, 7) is 9.14. The first kappa shape index (κ1) is 26.4. The summed E-state index contributed by atoms with van der Waals surface area (Å²) in [7, 11) is 2.14. The lowest BCUT2D eigenvalue weighted by atomic mass is 10.0. The number of likely N-dealkylation sites (N-methyl/N-ethyl adjacent to an activating group) is 1. The van der Waals surface area contributed by atoms with Crippen molar-refractivity contribution in [1.29, 1.82) is 5.26 Å². The molecule has 2 unspecified atom stereocenters. The molecule has 10 heteroatoms. The highest BCUT2D eigenvalue weighted by Gasteiger charge is 2.34. The minimum Gasteiger partial charge on any atom is -0.491 e. The van der Waals surface area contributed by atoms with Crippen molar-refractivity contribution in [3.63, 3.8) is 0 Å². The second-order valence-electron chi connectivity index (χ2n) is 11.1. The average Bonchev–Trinajstić information content (AvgIpc) is 3.63. The molecule has 0 N–H and O–H groups in total. The van der Waals surface area contributed by atoms with E-state index in [1.165, 1.54) is 18.1 Å². The van der Waals surface area contributed by atoms with Crippen molar-refractivity contribution in [3.8, 4) is 17.8 Å². The van der Waals surface area contributed by atoms with Crippen LogP contribution in [0.1, 0.15) is 36.1 Å². The third-order valence-corrected chi connectivity index (χ3v) is 8.70. The Morgan fingerprint density at radius 3 is 2.90 bits per heavy atom. The van der Waals surface area contributed by atoms with Gasteiger partial charge in [0.1, 0.15) is 18.2 Å². The largest absolute Gasteiger partial charge is 0.491 e. The van der Waals surface area contributed by atoms with E-state index in [1.807, 2.05) is 0 Å². The first-order valence-corrected chi connectivity index (χ1v) is 14.3. The summed E-state index contributed by atoms with van der Waals surface area (Å²) in [6, 6.07) is 9.17. The van der Waals surface area contributed by atoms with Gasteiger partial charge in [-0.3, -0.25) is 4.79 Å². The number of carbonyl (C=O) groups excluding carboxylic acids is 1. The maximum Gasteiger partial charge on any atom is 0.318 e. The summed E-state index contributed by atoms with van der Waals surface area (Å²) < 4.78 is 12.3. The number of rotatable bonds is 7. The number of ether oxygens (including phenoxy) is 2. The number of anilines is 2. The van der Waals surface area contributed by atoms with Crippen molar-refractivity contribution in [2.24, 2.45) is 0 Å². The van der Waals surface area contributed by atoms with E-state index in [-0.39, 0.29) is 18.4 Å². The molecule has 2 atom stereocenters. The Morgan fingerprint density at radius 1 is 1.20 bits per heavy atom. The van der Waals surface area contributed by atoms with Crippen LogP contribution < -0.4 is 19.3 Å². The third-order valence-electron chi connectivity index (χ3n) is 8.70. The quantitative estimate of drug-likeness (QED) is 0.488. The van der Waals surface area contributed by atoms with Gasteiger partial charge in [0.25, 0.3) is 0 Å². The number of nitriles is 1. The predicted octanol–water partition coefficient (Wildman–Crippen LogP) is 2.56. The number of nitrogens with zero attached hydrogens (tertiary/aromatic N) is 7. The highest BCUT2D eigenvalue weighted by molar-refractivity contribution is 5.87. The van der Waals surface area contributed by atoms with E-state index in [0.29, 0.717) is 44.8 Å². The molecular formula is C30H37N7O3. The summed E-state index contributed by atoms with van der Waals surface area (Å²) in [5, 5.41) is 9.49. The zero-order valence-corrected chi connectivity index (χ0v) is 23.2. The number of hydrogen-bond donors (Lipinski definition) is 0. The molecule has 10 nitrogen and oxygen atoms in total. The molecule has 4 aliphatic heterocycles. The molecule has 1 aromatic heterocycles. The lowest BCUT2D eigenvalue weighted by Gasteiger charge is -2.42. The van der Waals surface area contributed by atoms with Gasteiger partial charge in [-0.2, -0.15) is 15.2 Å². The van der Waals surface area contributed by atoms with Crippen molar-refractivity contribution in [3.05, 3.63) is 47.7 Å². The van der Waals surface area contributed by atoms with Gasteiger partial charge in [-0.05, 0) is 50.6 Å². The van der Waals surface area contributed by atoms with Gasteiger partial charge in [0.2, 0.25) is 5.91 Å². The molecule has 2 aromatic rings. The van der Waals surface area contributed by atoms with E-state index in [1.54, 1.807) is 4.90 Å². The Kier molecular flexibility index (Phi) is 7.48. The molecule has 5 heterocycles. The Bertz CT molecular complexity index is 1330. The Balaban J connectivity index is 1.31. The summed E-state index contributed by atoms with van der Waals surface area (Å²) in [5.74, 6) is 1.72. The number of benzene rings is 1. The van der Waals surface area contributed by atoms with Gasteiger partial charge >= 0.3 is 6.01 Å². The Hall–Kier alpha value is -3.84. The number of amides is 1. The van der Waals surface area contributed by atoms with E-state index < -0.39 is 0 Å². The fourth-order valence-electron chi connectivity index (χ4n) is 6.46. The van der Waals surface area contributed by atoms with Crippen molar-refractivity contribution in [2.75, 3.05) is 62.8 Å². The van der Waals surface area contributed by atoms with E-state index >= 15 is 0 Å². The molecule has 1 amide bonds. The van der Waals surface area contributed by atoms with Gasteiger partial charge < -0.3 is 29.1 Å². The maximum atomic E-state index is 12.5. The molecule has 4 aliphatic rings. The van der Waals surface area contributed by atoms with Crippen LogP contribution in [0.15, 0.2) is 30.9 Å². The summed E-state index contributed by atoms with van der Waals surface area (Å²) >= 11 is 0. The highest BCUT2D eigenvalue weighted by atomic mass is 16.5. The van der Waals surface area contributed by atoms with Gasteiger partial charge in [0.05, 0.1) is 43.1 Å². The predicted molar refractivity (Wildman–Crippen MR) is 152 cm³/mol. The topological polar surface area (TPSA) is 98.1 Å². The van der Waals surface area contributed by atoms with Crippen LogP contribution in [0.4, 0.5) is 11.5 Å². The third kappa shape index (κ3) is 5.06. The minimum absolute atomic E-state index is 0.137. The van der Waals surface area contributed by atoms with Crippen molar-refractivity contribution < 1.29 is 14.3 Å². The van der Waals surface area contributed by atoms with Crippen LogP contribution in [0.3, 0.4) is 0 Å². The van der Waals surface area contributed by atoms with Crippen LogP contribution in [0.25, 0.3) is 0 Å². The molecule has 0 radical (unpaired) electrons. The number of likely N-dealkylation sites (tertiary alicyclic amines) is 1. The number of aromatic nitrogens is 2. The molecule has 40 heavy (non-hydrogen) atoms. The van der Waals surface area contributed by atoms with Gasteiger partial charge in [-0.15, -0.1) is 0 Å². The van der Waals surface area contributed by atoms with E-state index in [2.05, 4.69) is 52.6 Å². The van der Waals surface area contributed by atoms with Crippen LogP contribution >= 0.6 is 0 Å². The lowest BCUT2D eigenvalue weighted by molar-refractivity contribution is -0.128. The first-order chi connectivity index (χ1) is 19.6. The zero-order valence-electron chi connectivity index (χ0n) is 23.2. The van der Waals surface area contributed by atoms with Gasteiger partial charge in [-0.1, -0.05) is 18.7 Å². The number of piperazine rings is 1. The van der Waals surface area contributed by atoms with Crippen molar-refractivity contribution in [2.45, 2.75) is 50.7 Å². The van der Waals surface area contributed by atoms with Gasteiger partial charge in [0.15, 0.2) is 0 Å². The van der Waals surface area contributed by atoms with Gasteiger partial charge in [-0.25, -0.2) is 0 Å². The number of carbonyl (C=O) groups is 1. The minimum atomic E-state index is -0.226. The number of fused-ring (bicyclic) bond motifs is 2. The summed E-state index contributed by atoms with van der Waals surface area (Å²) in [5.41, 5.74) is 4.45. The molecule has 2 fully saturated rings. The fourth-order valence-corrected chi connectivity index (χ4v) is 6.46. The molecule has 6 rings (SSSR count). The lowest BCUT2D eigenvalue weighted by Crippen LogP contribution is -2.55. The summed E-state index contributed by atoms with van der Waals surface area (Å²) in [6.07, 6.45) is 5.60. The molecule has 210 valence electrons. The van der Waals surface area contributed by atoms with Crippen LogP contribution in [0, 0.1) is 11.3 Å². The van der Waals surface area contributed by atoms with Crippen LogP contribution in [0.2, 0.25) is 0 Å². The molecular weight excluding hydrogens is 506 g/mol. The summed E-state index contributed by atoms with van der Waals surface area (Å²) in [4.78, 5) is 31.0. The van der Waals surface area contributed by atoms with E-state index in [9.17, 15) is 10.1 Å². The smallest absolute Gasteiger partial charge is 0.318 e. The van der Waals surface area contributed by atoms with Crippen LogP contribution in [0.5, 0.6) is 11.8 Å². The van der Waals surface area contributed by atoms with Crippen molar-refractivity contribution >= 4 is 17.4 Å². The average molecular weight is 544 g/mol. The van der Waals surface area contributed by atoms with Crippen LogP contribution in [-0.2, 0) is 24.2 Å². The molecule has 1 aromatic carbocycles. The normalized spacial score (nSPS) is 22.4. The fraction of sp³-hybridized carbons (Fsp3) is 0.533. The second-order valence-corrected chi connectivity index (χ2v) is 11.1. The maximum absolute atomic E-state index is 12.5. The van der Waals surface area contributed by atoms with E-state index in [4.69, 9.17) is 19.4 Å². The monoisotopic (exact) mass is 543 g/mol. The van der Waals surface area contributed by atoms with Gasteiger partial charge in [0, 0.05) is 44.2 Å². The molecule has 0 saturated carbocycles.